The largest absolute Gasteiger partial charge is 0.477 e. The Morgan fingerprint density at radius 2 is 2.06 bits per heavy atom. The lowest BCUT2D eigenvalue weighted by Gasteiger charge is -2.21. The zero-order chi connectivity index (χ0) is 25.7. The number of rotatable bonds is 12. The van der Waals surface area contributed by atoms with Crippen LogP contribution in [0.4, 0.5) is 5.69 Å². The number of benzene rings is 1. The lowest BCUT2D eigenvalue weighted by Crippen LogP contribution is -2.31. The quantitative estimate of drug-likeness (QED) is 0.365. The highest BCUT2D eigenvalue weighted by Gasteiger charge is 2.35. The highest BCUT2D eigenvalue weighted by atomic mass is 32.2. The van der Waals surface area contributed by atoms with Gasteiger partial charge >= 0.3 is 0 Å². The molecule has 1 atom stereocenters. The Kier molecular flexibility index (Phi) is 8.17. The second-order valence-electron chi connectivity index (χ2n) is 8.80. The number of thiazole rings is 1. The van der Waals surface area contributed by atoms with Crippen LogP contribution in [0.25, 0.3) is 10.6 Å². The third-order valence-corrected chi connectivity index (χ3v) is 8.43. The third kappa shape index (κ3) is 6.77. The number of sulfonamides is 1. The van der Waals surface area contributed by atoms with Gasteiger partial charge in [0, 0.05) is 11.9 Å². The fourth-order valence-corrected chi connectivity index (χ4v) is 5.71. The number of hydrogen-bond acceptors (Lipinski definition) is 9. The van der Waals surface area contributed by atoms with Gasteiger partial charge in [-0.1, -0.05) is 12.1 Å². The maximum atomic E-state index is 13.1. The standard InChI is InChI=1S/C24H30N6O4S2/c1-4-34-22-15-25-13-20(27-22)21-14-26-24(35-21)23(31)28-19(10-11-30(2)3)16-6-5-7-17(12-16)29-36(32,33)18-8-9-18/h5-7,12-15,18-19,29H,4,8-11H2,1-3H3,(H,28,31)/t19-/m1/s1. The Morgan fingerprint density at radius 3 is 2.78 bits per heavy atom. The van der Waals surface area contributed by atoms with E-state index in [9.17, 15) is 13.2 Å². The van der Waals surface area contributed by atoms with Crippen LogP contribution in [0, 0.1) is 0 Å². The van der Waals surface area contributed by atoms with Crippen molar-refractivity contribution in [3.05, 3.63) is 53.4 Å². The Bertz CT molecular complexity index is 1310. The first kappa shape index (κ1) is 26.0. The average molecular weight is 531 g/mol. The molecule has 0 spiro atoms. The van der Waals surface area contributed by atoms with Crippen molar-refractivity contribution in [2.24, 2.45) is 0 Å². The van der Waals surface area contributed by atoms with E-state index in [1.54, 1.807) is 30.6 Å². The van der Waals surface area contributed by atoms with Gasteiger partial charge in [-0.05, 0) is 64.5 Å². The predicted molar refractivity (Wildman–Crippen MR) is 140 cm³/mol. The van der Waals surface area contributed by atoms with Crippen molar-refractivity contribution in [1.29, 1.82) is 0 Å². The van der Waals surface area contributed by atoms with Crippen LogP contribution in [-0.4, -0.2) is 66.7 Å². The number of carbonyl (C=O) groups excluding carboxylic acids is 1. The van der Waals surface area contributed by atoms with Gasteiger partial charge in [0.25, 0.3) is 5.91 Å². The summed E-state index contributed by atoms with van der Waals surface area (Å²) in [7, 11) is 0.545. The Hall–Kier alpha value is -3.09. The second-order valence-corrected chi connectivity index (χ2v) is 11.8. The number of amides is 1. The third-order valence-electron chi connectivity index (χ3n) is 5.54. The molecule has 1 saturated carbocycles. The van der Waals surface area contributed by atoms with E-state index in [0.717, 1.165) is 12.1 Å². The van der Waals surface area contributed by atoms with Gasteiger partial charge in [0.1, 0.15) is 5.69 Å². The molecule has 1 aromatic carbocycles. The predicted octanol–water partition coefficient (Wildman–Crippen LogP) is 3.33. The Morgan fingerprint density at radius 1 is 1.25 bits per heavy atom. The lowest BCUT2D eigenvalue weighted by atomic mass is 10.0. The van der Waals surface area contributed by atoms with E-state index in [0.29, 0.717) is 53.0 Å². The molecule has 10 nitrogen and oxygen atoms in total. The summed E-state index contributed by atoms with van der Waals surface area (Å²) in [6, 6.07) is 6.85. The fraction of sp³-hybridized carbons (Fsp3) is 0.417. The maximum absolute atomic E-state index is 13.1. The highest BCUT2D eigenvalue weighted by Crippen LogP contribution is 2.31. The van der Waals surface area contributed by atoms with E-state index in [2.05, 4.69) is 25.0 Å². The van der Waals surface area contributed by atoms with Crippen LogP contribution in [-0.2, 0) is 10.0 Å². The van der Waals surface area contributed by atoms with E-state index in [-0.39, 0.29) is 17.2 Å². The van der Waals surface area contributed by atoms with Crippen LogP contribution in [0.1, 0.15) is 47.6 Å². The second kappa shape index (κ2) is 11.3. The van der Waals surface area contributed by atoms with Crippen LogP contribution in [0.2, 0.25) is 0 Å². The Labute approximate surface area is 215 Å². The molecule has 36 heavy (non-hydrogen) atoms. The normalized spacial score (nSPS) is 14.4. The molecule has 1 amide bonds. The number of nitrogens with one attached hydrogen (secondary N) is 2. The van der Waals surface area contributed by atoms with Gasteiger partial charge in [0.2, 0.25) is 15.9 Å². The molecule has 1 aliphatic carbocycles. The number of aromatic nitrogens is 3. The van der Waals surface area contributed by atoms with Crippen molar-refractivity contribution in [1.82, 2.24) is 25.2 Å². The summed E-state index contributed by atoms with van der Waals surface area (Å²) in [6.07, 6.45) is 6.75. The van der Waals surface area contributed by atoms with Gasteiger partial charge in [0.15, 0.2) is 5.01 Å². The van der Waals surface area contributed by atoms with Crippen molar-refractivity contribution in [2.45, 2.75) is 37.5 Å². The first-order valence-corrected chi connectivity index (χ1v) is 14.1. The van der Waals surface area contributed by atoms with Crippen LogP contribution >= 0.6 is 11.3 Å². The average Bonchev–Trinajstić information content (AvgIpc) is 3.60. The number of carbonyl (C=O) groups is 1. The summed E-state index contributed by atoms with van der Waals surface area (Å²) in [5.41, 5.74) is 1.89. The minimum atomic E-state index is -3.38. The molecule has 1 aliphatic rings. The number of hydrogen-bond donors (Lipinski definition) is 2. The first-order valence-electron chi connectivity index (χ1n) is 11.7. The smallest absolute Gasteiger partial charge is 0.280 e. The van der Waals surface area contributed by atoms with Gasteiger partial charge in [-0.2, -0.15) is 0 Å². The van der Waals surface area contributed by atoms with E-state index in [1.807, 2.05) is 32.0 Å². The SMILES string of the molecule is CCOc1cncc(-c2cnc(C(=O)N[C@H](CCN(C)C)c3cccc(NS(=O)(=O)C4CC4)c3)s2)n1. The van der Waals surface area contributed by atoms with Crippen LogP contribution in [0.3, 0.4) is 0 Å². The molecule has 2 N–H and O–H groups in total. The van der Waals surface area contributed by atoms with Crippen molar-refractivity contribution in [3.63, 3.8) is 0 Å². The minimum absolute atomic E-state index is 0.300. The minimum Gasteiger partial charge on any atom is -0.477 e. The number of ether oxygens (including phenoxy) is 1. The van der Waals surface area contributed by atoms with Crippen molar-refractivity contribution in [2.75, 3.05) is 32.0 Å². The van der Waals surface area contributed by atoms with E-state index in [4.69, 9.17) is 4.74 Å². The van der Waals surface area contributed by atoms with Gasteiger partial charge < -0.3 is 15.0 Å². The van der Waals surface area contributed by atoms with E-state index < -0.39 is 10.0 Å². The summed E-state index contributed by atoms with van der Waals surface area (Å²) in [4.78, 5) is 28.7. The van der Waals surface area contributed by atoms with Crippen molar-refractivity contribution >= 4 is 33.0 Å². The molecular weight excluding hydrogens is 500 g/mol. The molecule has 2 aromatic heterocycles. The van der Waals surface area contributed by atoms with Crippen LogP contribution in [0.15, 0.2) is 42.9 Å². The van der Waals surface area contributed by atoms with Crippen molar-refractivity contribution < 1.29 is 17.9 Å². The highest BCUT2D eigenvalue weighted by molar-refractivity contribution is 7.93. The molecule has 12 heteroatoms. The zero-order valence-corrected chi connectivity index (χ0v) is 22.1. The zero-order valence-electron chi connectivity index (χ0n) is 20.5. The number of anilines is 1. The molecule has 0 bridgehead atoms. The summed E-state index contributed by atoms with van der Waals surface area (Å²) in [5, 5.41) is 3.05. The van der Waals surface area contributed by atoms with Crippen molar-refractivity contribution in [3.8, 4) is 16.5 Å². The summed E-state index contributed by atoms with van der Waals surface area (Å²) < 4.78 is 32.9. The molecule has 3 aromatic rings. The van der Waals surface area contributed by atoms with Gasteiger partial charge in [-0.3, -0.25) is 14.5 Å². The monoisotopic (exact) mass is 530 g/mol. The van der Waals surface area contributed by atoms with E-state index >= 15 is 0 Å². The Balaban J connectivity index is 1.51. The molecule has 0 saturated heterocycles. The molecule has 4 rings (SSSR count). The first-order chi connectivity index (χ1) is 17.2. The molecule has 0 unspecified atom stereocenters. The van der Waals surface area contributed by atoms with Gasteiger partial charge in [-0.15, -0.1) is 11.3 Å². The molecular formula is C24H30N6O4S2. The summed E-state index contributed by atoms with van der Waals surface area (Å²) >= 11 is 1.22. The maximum Gasteiger partial charge on any atom is 0.280 e. The molecule has 0 aliphatic heterocycles. The lowest BCUT2D eigenvalue weighted by molar-refractivity contribution is 0.0932. The van der Waals surface area contributed by atoms with E-state index in [1.165, 1.54) is 17.5 Å². The van der Waals surface area contributed by atoms with Gasteiger partial charge in [-0.25, -0.2) is 18.4 Å². The fourth-order valence-electron chi connectivity index (χ4n) is 3.56. The topological polar surface area (TPSA) is 126 Å². The summed E-state index contributed by atoms with van der Waals surface area (Å²) in [6.45, 7) is 3.08. The molecule has 2 heterocycles. The van der Waals surface area contributed by atoms with Crippen LogP contribution in [0.5, 0.6) is 5.88 Å². The van der Waals surface area contributed by atoms with Gasteiger partial charge in [0.05, 0.1) is 35.2 Å². The van der Waals surface area contributed by atoms with Crippen LogP contribution < -0.4 is 14.8 Å². The molecule has 0 radical (unpaired) electrons. The summed E-state index contributed by atoms with van der Waals surface area (Å²) in [5.74, 6) is 0.100. The molecule has 192 valence electrons. The molecule has 1 fully saturated rings. The number of nitrogens with zero attached hydrogens (tertiary/aromatic N) is 4.